The number of rotatable bonds is 0. The molecule has 6 heterocycles. The lowest BCUT2D eigenvalue weighted by Gasteiger charge is -2.37. The first-order valence-electron chi connectivity index (χ1n) is 7.08. The van der Waals surface area contributed by atoms with Gasteiger partial charge in [-0.15, -0.1) is 23.5 Å². The van der Waals surface area contributed by atoms with Crippen molar-refractivity contribution in [3.63, 3.8) is 0 Å². The molecule has 7 rings (SSSR count). The third-order valence-corrected chi connectivity index (χ3v) is 6.38. The zero-order valence-electron chi connectivity index (χ0n) is 11.2. The zero-order chi connectivity index (χ0) is 13.4. The van der Waals surface area contributed by atoms with Gasteiger partial charge < -0.3 is 0 Å². The third kappa shape index (κ3) is 2.35. The van der Waals surface area contributed by atoms with Crippen LogP contribution in [0.1, 0.15) is 35.8 Å². The van der Waals surface area contributed by atoms with Gasteiger partial charge in [0.2, 0.25) is 0 Å². The molecule has 20 heavy (non-hydrogen) atoms. The van der Waals surface area contributed by atoms with Crippen LogP contribution in [0.2, 0.25) is 0 Å². The number of thioether (sulfide) groups is 2. The lowest BCUT2D eigenvalue weighted by atomic mass is 9.67. The number of hydrogen-bond donors (Lipinski definition) is 0. The van der Waals surface area contributed by atoms with E-state index in [0.717, 1.165) is 21.6 Å². The van der Waals surface area contributed by atoms with E-state index in [4.69, 9.17) is 0 Å². The predicted molar refractivity (Wildman–Crippen MR) is 84.6 cm³/mol. The van der Waals surface area contributed by atoms with Gasteiger partial charge in [0, 0.05) is 23.9 Å². The van der Waals surface area contributed by atoms with Gasteiger partial charge in [0.15, 0.2) is 0 Å². The molecule has 2 atom stereocenters. The van der Waals surface area contributed by atoms with Gasteiger partial charge in [0.05, 0.1) is 10.1 Å². The van der Waals surface area contributed by atoms with E-state index in [1.807, 2.05) is 23.5 Å². The van der Waals surface area contributed by atoms with Gasteiger partial charge >= 0.3 is 0 Å². The highest BCUT2D eigenvalue weighted by Crippen LogP contribution is 2.49. The molecule has 1 aliphatic carbocycles. The maximum atomic E-state index is 4.61. The molecule has 4 aliphatic heterocycles. The van der Waals surface area contributed by atoms with Crippen LogP contribution in [0, 0.1) is 0 Å². The Balaban J connectivity index is 1.71. The summed E-state index contributed by atoms with van der Waals surface area (Å²) in [6.07, 6.45) is 6.71. The van der Waals surface area contributed by atoms with E-state index < -0.39 is 0 Å². The van der Waals surface area contributed by atoms with E-state index >= 15 is 0 Å². The summed E-state index contributed by atoms with van der Waals surface area (Å²) in [6, 6.07) is 8.91. The van der Waals surface area contributed by atoms with E-state index in [9.17, 15) is 0 Å². The van der Waals surface area contributed by atoms with Gasteiger partial charge in [-0.25, -0.2) is 9.97 Å². The molecule has 0 amide bonds. The molecule has 2 nitrogen and oxygen atoms in total. The van der Waals surface area contributed by atoms with Crippen LogP contribution in [0.25, 0.3) is 0 Å². The minimum atomic E-state index is 0.629. The molecular formula is C16H16N2S2. The minimum absolute atomic E-state index is 0.629. The second kappa shape index (κ2) is 5.41. The summed E-state index contributed by atoms with van der Waals surface area (Å²) >= 11 is 3.67. The topological polar surface area (TPSA) is 25.8 Å². The molecule has 2 aromatic rings. The van der Waals surface area contributed by atoms with Crippen LogP contribution in [0.5, 0.6) is 0 Å². The maximum absolute atomic E-state index is 4.61. The SMILES string of the molecule is c1cc2ncc1C1CCC1c1ccc(nc1)SCCS2. The summed E-state index contributed by atoms with van der Waals surface area (Å²) in [6.45, 7) is 0. The molecule has 102 valence electrons. The molecule has 0 aromatic carbocycles. The molecule has 2 aromatic heterocycles. The van der Waals surface area contributed by atoms with Crippen molar-refractivity contribution in [1.82, 2.24) is 9.97 Å². The number of nitrogens with zero attached hydrogens (tertiary/aromatic N) is 2. The van der Waals surface area contributed by atoms with E-state index in [1.54, 1.807) is 0 Å². The Bertz CT molecular complexity index is 539. The molecule has 4 bridgehead atoms. The van der Waals surface area contributed by atoms with Crippen molar-refractivity contribution in [2.75, 3.05) is 11.5 Å². The first-order chi connectivity index (χ1) is 9.90. The molecule has 5 aliphatic rings. The van der Waals surface area contributed by atoms with E-state index in [2.05, 4.69) is 46.6 Å². The summed E-state index contributed by atoms with van der Waals surface area (Å²) in [7, 11) is 0. The summed E-state index contributed by atoms with van der Waals surface area (Å²) < 4.78 is 0. The molecule has 2 unspecified atom stereocenters. The van der Waals surface area contributed by atoms with E-state index in [-0.39, 0.29) is 0 Å². The fourth-order valence-electron chi connectivity index (χ4n) is 2.98. The second-order valence-electron chi connectivity index (χ2n) is 5.35. The van der Waals surface area contributed by atoms with Gasteiger partial charge in [-0.1, -0.05) is 12.1 Å². The lowest BCUT2D eigenvalue weighted by Crippen LogP contribution is -2.22. The van der Waals surface area contributed by atoms with Crippen LogP contribution < -0.4 is 0 Å². The fourth-order valence-corrected chi connectivity index (χ4v) is 4.65. The molecular weight excluding hydrogens is 284 g/mol. The van der Waals surface area contributed by atoms with Crippen molar-refractivity contribution >= 4 is 23.5 Å². The van der Waals surface area contributed by atoms with Crippen molar-refractivity contribution in [3.05, 3.63) is 47.8 Å². The zero-order valence-corrected chi connectivity index (χ0v) is 12.8. The highest BCUT2D eigenvalue weighted by Gasteiger charge is 2.33. The van der Waals surface area contributed by atoms with Gasteiger partial charge in [-0.2, -0.15) is 0 Å². The molecule has 0 saturated heterocycles. The van der Waals surface area contributed by atoms with Crippen molar-refractivity contribution in [3.8, 4) is 0 Å². The van der Waals surface area contributed by atoms with Crippen molar-refractivity contribution in [1.29, 1.82) is 0 Å². The summed E-state index contributed by atoms with van der Waals surface area (Å²) in [4.78, 5) is 9.23. The van der Waals surface area contributed by atoms with E-state index in [0.29, 0.717) is 11.8 Å². The third-order valence-electron chi connectivity index (χ3n) is 4.23. The van der Waals surface area contributed by atoms with Crippen LogP contribution in [0.15, 0.2) is 46.7 Å². The highest BCUT2D eigenvalue weighted by molar-refractivity contribution is 8.02. The molecule has 1 saturated carbocycles. The monoisotopic (exact) mass is 300 g/mol. The summed E-state index contributed by atoms with van der Waals surface area (Å²) in [5.74, 6) is 3.41. The van der Waals surface area contributed by atoms with Crippen molar-refractivity contribution in [2.45, 2.75) is 34.7 Å². The molecule has 0 spiro atoms. The lowest BCUT2D eigenvalue weighted by molar-refractivity contribution is 0.344. The molecule has 0 N–H and O–H groups in total. The largest absolute Gasteiger partial charge is 0.250 e. The quantitative estimate of drug-likeness (QED) is 0.723. The van der Waals surface area contributed by atoms with E-state index in [1.165, 1.54) is 24.0 Å². The average Bonchev–Trinajstić information content (AvgIpc) is 2.45. The van der Waals surface area contributed by atoms with Gasteiger partial charge in [0.25, 0.3) is 0 Å². The summed E-state index contributed by atoms with van der Waals surface area (Å²) in [5.41, 5.74) is 2.78. The number of hydrogen-bond acceptors (Lipinski definition) is 4. The Morgan fingerprint density at radius 3 is 1.60 bits per heavy atom. The molecule has 0 radical (unpaired) electrons. The Morgan fingerprint density at radius 2 is 1.25 bits per heavy atom. The summed E-state index contributed by atoms with van der Waals surface area (Å²) in [5, 5.41) is 2.29. The Hall–Kier alpha value is -1.00. The number of pyridine rings is 2. The molecule has 1 fully saturated rings. The van der Waals surface area contributed by atoms with Crippen LogP contribution in [0.3, 0.4) is 0 Å². The first kappa shape index (κ1) is 12.7. The maximum Gasteiger partial charge on any atom is 0.0960 e. The normalized spacial score (nSPS) is 24.8. The standard InChI is InChI=1S/C16H16N2S2/c1-5-15-17-9-11(1)13-3-4-14(13)12-2-6-16(18-10-12)20-8-7-19-15/h1-2,5-6,9-10,13-14H,3-4,7-8H2. The Morgan fingerprint density at radius 1 is 0.750 bits per heavy atom. The number of aromatic nitrogens is 2. The Kier molecular flexibility index (Phi) is 3.44. The predicted octanol–water partition coefficient (Wildman–Crippen LogP) is 4.34. The average molecular weight is 300 g/mol. The van der Waals surface area contributed by atoms with Gasteiger partial charge in [-0.3, -0.25) is 0 Å². The van der Waals surface area contributed by atoms with Crippen LogP contribution in [0.4, 0.5) is 0 Å². The smallest absolute Gasteiger partial charge is 0.0960 e. The Labute approximate surface area is 127 Å². The molecule has 4 heteroatoms. The van der Waals surface area contributed by atoms with Gasteiger partial charge in [-0.05, 0) is 47.9 Å². The highest BCUT2D eigenvalue weighted by atomic mass is 32.2. The fraction of sp³-hybridized carbons (Fsp3) is 0.375. The first-order valence-corrected chi connectivity index (χ1v) is 9.05. The van der Waals surface area contributed by atoms with Crippen molar-refractivity contribution in [2.24, 2.45) is 0 Å². The van der Waals surface area contributed by atoms with Crippen LogP contribution in [-0.4, -0.2) is 21.5 Å². The van der Waals surface area contributed by atoms with Gasteiger partial charge in [0.1, 0.15) is 0 Å². The van der Waals surface area contributed by atoms with Crippen LogP contribution >= 0.6 is 23.5 Å². The van der Waals surface area contributed by atoms with Crippen molar-refractivity contribution < 1.29 is 0 Å². The van der Waals surface area contributed by atoms with Crippen LogP contribution in [-0.2, 0) is 0 Å². The minimum Gasteiger partial charge on any atom is -0.250 e. The second-order valence-corrected chi connectivity index (χ2v) is 7.58.